The van der Waals surface area contributed by atoms with Gasteiger partial charge < -0.3 is 9.53 Å². The molecule has 0 N–H and O–H groups in total. The van der Waals surface area contributed by atoms with Crippen molar-refractivity contribution in [2.75, 3.05) is 6.61 Å². The van der Waals surface area contributed by atoms with Gasteiger partial charge in [-0.05, 0) is 24.6 Å². The van der Waals surface area contributed by atoms with Crippen LogP contribution in [0.15, 0.2) is 24.3 Å². The molecule has 3 heteroatoms. The van der Waals surface area contributed by atoms with Crippen molar-refractivity contribution < 1.29 is 14.3 Å². The number of rotatable bonds is 4. The van der Waals surface area contributed by atoms with E-state index in [1.807, 2.05) is 24.3 Å². The van der Waals surface area contributed by atoms with Crippen LogP contribution in [0.4, 0.5) is 0 Å². The summed E-state index contributed by atoms with van der Waals surface area (Å²) >= 11 is 0. The summed E-state index contributed by atoms with van der Waals surface area (Å²) in [6, 6.07) is 7.32. The van der Waals surface area contributed by atoms with Gasteiger partial charge >= 0.3 is 5.97 Å². The molecule has 0 aliphatic heterocycles. The Balaban J connectivity index is 2.59. The first kappa shape index (κ1) is 13.0. The number of ether oxygens (including phenoxy) is 1. The lowest BCUT2D eigenvalue weighted by Gasteiger charge is -2.01. The summed E-state index contributed by atoms with van der Waals surface area (Å²) < 4.78 is 4.85. The molecule has 0 spiro atoms. The zero-order valence-corrected chi connectivity index (χ0v) is 9.73. The maximum atomic E-state index is 11.2. The summed E-state index contributed by atoms with van der Waals surface area (Å²) in [5.41, 5.74) is 1.73. The van der Waals surface area contributed by atoms with E-state index in [1.165, 1.54) is 0 Å². The van der Waals surface area contributed by atoms with E-state index in [0.29, 0.717) is 6.61 Å². The summed E-state index contributed by atoms with van der Waals surface area (Å²) in [5.74, 6) is 5.35. The van der Waals surface area contributed by atoms with Crippen LogP contribution in [0, 0.1) is 11.8 Å². The second-order valence-electron chi connectivity index (χ2n) is 3.35. The minimum absolute atomic E-state index is 0.229. The zero-order valence-electron chi connectivity index (χ0n) is 9.73. The van der Waals surface area contributed by atoms with Crippen LogP contribution >= 0.6 is 0 Å². The van der Waals surface area contributed by atoms with Crippen molar-refractivity contribution in [3.8, 4) is 11.8 Å². The molecule has 3 nitrogen and oxygen atoms in total. The summed E-state index contributed by atoms with van der Waals surface area (Å²) in [5, 5.41) is 0. The summed E-state index contributed by atoms with van der Waals surface area (Å²) in [6.45, 7) is 2.18. The second-order valence-corrected chi connectivity index (χ2v) is 3.35. The molecule has 88 valence electrons. The van der Waals surface area contributed by atoms with E-state index in [4.69, 9.17) is 4.74 Å². The Morgan fingerprint density at radius 3 is 2.65 bits per heavy atom. The van der Waals surface area contributed by atoms with Crippen LogP contribution in [0.3, 0.4) is 0 Å². The smallest absolute Gasteiger partial charge is 0.310 e. The minimum Gasteiger partial charge on any atom is -0.466 e. The molecule has 0 aromatic heterocycles. The van der Waals surface area contributed by atoms with Gasteiger partial charge in [-0.2, -0.15) is 0 Å². The average molecular weight is 230 g/mol. The Morgan fingerprint density at radius 1 is 1.35 bits per heavy atom. The normalized spacial score (nSPS) is 9.00. The van der Waals surface area contributed by atoms with E-state index in [2.05, 4.69) is 11.8 Å². The van der Waals surface area contributed by atoms with E-state index >= 15 is 0 Å². The van der Waals surface area contributed by atoms with Crippen LogP contribution in [-0.4, -0.2) is 18.9 Å². The van der Waals surface area contributed by atoms with Gasteiger partial charge in [0.15, 0.2) is 0 Å². The topological polar surface area (TPSA) is 43.4 Å². The van der Waals surface area contributed by atoms with Crippen LogP contribution in [0.1, 0.15) is 24.5 Å². The predicted molar refractivity (Wildman–Crippen MR) is 64.3 cm³/mol. The maximum Gasteiger partial charge on any atom is 0.310 e. The van der Waals surface area contributed by atoms with E-state index in [-0.39, 0.29) is 18.8 Å². The monoisotopic (exact) mass is 230 g/mol. The Kier molecular flexibility index (Phi) is 5.53. The molecule has 0 unspecified atom stereocenters. The lowest BCUT2D eigenvalue weighted by Crippen LogP contribution is -2.07. The van der Waals surface area contributed by atoms with Crippen LogP contribution in [0.25, 0.3) is 0 Å². The van der Waals surface area contributed by atoms with Gasteiger partial charge in [0.2, 0.25) is 0 Å². The van der Waals surface area contributed by atoms with Crippen LogP contribution < -0.4 is 0 Å². The van der Waals surface area contributed by atoms with E-state index in [9.17, 15) is 9.59 Å². The number of benzene rings is 1. The Morgan fingerprint density at radius 2 is 2.06 bits per heavy atom. The molecular formula is C14H14O3. The number of aldehydes is 1. The zero-order chi connectivity index (χ0) is 12.5. The van der Waals surface area contributed by atoms with Crippen molar-refractivity contribution in [2.45, 2.75) is 19.8 Å². The lowest BCUT2D eigenvalue weighted by molar-refractivity contribution is -0.142. The van der Waals surface area contributed by atoms with E-state index < -0.39 is 0 Å². The number of carbonyl (C=O) groups excluding carboxylic acids is 2. The fourth-order valence-electron chi connectivity index (χ4n) is 1.28. The van der Waals surface area contributed by atoms with Crippen molar-refractivity contribution in [1.29, 1.82) is 0 Å². The average Bonchev–Trinajstić information content (AvgIpc) is 2.32. The van der Waals surface area contributed by atoms with Crippen molar-refractivity contribution in [3.63, 3.8) is 0 Å². The molecule has 0 heterocycles. The molecule has 0 amide bonds. The van der Waals surface area contributed by atoms with Gasteiger partial charge in [0.1, 0.15) is 6.29 Å². The predicted octanol–water partition coefficient (Wildman–Crippen LogP) is 1.73. The van der Waals surface area contributed by atoms with Crippen molar-refractivity contribution in [2.24, 2.45) is 0 Å². The molecule has 1 rings (SSSR count). The molecule has 1 aromatic carbocycles. The Labute approximate surface area is 101 Å². The van der Waals surface area contributed by atoms with Crippen LogP contribution in [0.2, 0.25) is 0 Å². The lowest BCUT2D eigenvalue weighted by atomic mass is 10.1. The molecule has 0 bridgehead atoms. The molecule has 0 saturated carbocycles. The third-order valence-corrected chi connectivity index (χ3v) is 2.03. The van der Waals surface area contributed by atoms with Gasteiger partial charge in [0.05, 0.1) is 19.4 Å². The highest BCUT2D eigenvalue weighted by atomic mass is 16.5. The first-order valence-electron chi connectivity index (χ1n) is 5.43. The molecule has 0 radical (unpaired) electrons. The van der Waals surface area contributed by atoms with E-state index in [0.717, 1.165) is 17.4 Å². The summed E-state index contributed by atoms with van der Waals surface area (Å²) in [4.78, 5) is 21.3. The van der Waals surface area contributed by atoms with Gasteiger partial charge in [-0.15, -0.1) is 0 Å². The summed E-state index contributed by atoms with van der Waals surface area (Å²) in [7, 11) is 0. The van der Waals surface area contributed by atoms with Crippen molar-refractivity contribution in [1.82, 2.24) is 0 Å². The standard InChI is InChI=1S/C14H14O3/c1-2-17-14(16)11-13-8-6-12(7-9-13)5-3-4-10-15/h6-10H,2,4,11H2,1H3. The maximum absolute atomic E-state index is 11.2. The molecule has 0 atom stereocenters. The molecule has 17 heavy (non-hydrogen) atoms. The highest BCUT2D eigenvalue weighted by Gasteiger charge is 2.02. The number of esters is 1. The highest BCUT2D eigenvalue weighted by Crippen LogP contribution is 2.05. The van der Waals surface area contributed by atoms with Gasteiger partial charge in [0, 0.05) is 5.56 Å². The third-order valence-electron chi connectivity index (χ3n) is 2.03. The molecular weight excluding hydrogens is 216 g/mol. The molecule has 0 aliphatic rings. The first-order valence-corrected chi connectivity index (χ1v) is 5.43. The van der Waals surface area contributed by atoms with Crippen LogP contribution in [-0.2, 0) is 20.7 Å². The molecule has 1 aromatic rings. The fraction of sp³-hybridized carbons (Fsp3) is 0.286. The quantitative estimate of drug-likeness (QED) is 0.449. The number of carbonyl (C=O) groups is 2. The Hall–Kier alpha value is -2.08. The van der Waals surface area contributed by atoms with Gasteiger partial charge in [-0.1, -0.05) is 24.0 Å². The molecule has 0 saturated heterocycles. The van der Waals surface area contributed by atoms with Crippen molar-refractivity contribution in [3.05, 3.63) is 35.4 Å². The highest BCUT2D eigenvalue weighted by molar-refractivity contribution is 5.72. The van der Waals surface area contributed by atoms with Gasteiger partial charge in [-0.25, -0.2) is 0 Å². The summed E-state index contributed by atoms with van der Waals surface area (Å²) in [6.07, 6.45) is 1.28. The second kappa shape index (κ2) is 7.24. The van der Waals surface area contributed by atoms with E-state index in [1.54, 1.807) is 6.92 Å². The fourth-order valence-corrected chi connectivity index (χ4v) is 1.28. The number of hydrogen-bond acceptors (Lipinski definition) is 3. The number of hydrogen-bond donors (Lipinski definition) is 0. The van der Waals surface area contributed by atoms with Gasteiger partial charge in [0.25, 0.3) is 0 Å². The molecule has 0 fully saturated rings. The van der Waals surface area contributed by atoms with Crippen LogP contribution in [0.5, 0.6) is 0 Å². The minimum atomic E-state index is -0.229. The van der Waals surface area contributed by atoms with Gasteiger partial charge in [-0.3, -0.25) is 4.79 Å². The SMILES string of the molecule is CCOC(=O)Cc1ccc(C#CCC=O)cc1. The largest absolute Gasteiger partial charge is 0.466 e. The third kappa shape index (κ3) is 4.98. The molecule has 0 aliphatic carbocycles. The van der Waals surface area contributed by atoms with Crippen molar-refractivity contribution >= 4 is 12.3 Å². The first-order chi connectivity index (χ1) is 8.26. The Bertz CT molecular complexity index is 435.